The fourth-order valence-corrected chi connectivity index (χ4v) is 2.20. The van der Waals surface area contributed by atoms with Crippen LogP contribution in [0.4, 0.5) is 0 Å². The highest BCUT2D eigenvalue weighted by atomic mass is 35.5. The molecule has 0 saturated heterocycles. The lowest BCUT2D eigenvalue weighted by molar-refractivity contribution is -0.121. The summed E-state index contributed by atoms with van der Waals surface area (Å²) in [5, 5.41) is 3.01. The van der Waals surface area contributed by atoms with Crippen LogP contribution in [-0.2, 0) is 11.2 Å². The largest absolute Gasteiger partial charge is 0.353 e. The Kier molecular flexibility index (Phi) is 8.44. The van der Waals surface area contributed by atoms with Gasteiger partial charge in [0.15, 0.2) is 0 Å². The standard InChI is InChI=1S/C15H24N2O.ClH/c1-11-7-12(2)9-14(8-11)10-13(3)17-15(18)5-4-6-16;/h7-9,13H,4-6,10,16H2,1-3H3,(H,17,18);1H. The third kappa shape index (κ3) is 7.19. The smallest absolute Gasteiger partial charge is 0.220 e. The molecule has 0 fully saturated rings. The first-order valence-corrected chi connectivity index (χ1v) is 6.58. The molecule has 1 rings (SSSR count). The molecule has 19 heavy (non-hydrogen) atoms. The summed E-state index contributed by atoms with van der Waals surface area (Å²) in [6.07, 6.45) is 2.15. The molecule has 0 radical (unpaired) electrons. The predicted molar refractivity (Wildman–Crippen MR) is 82.8 cm³/mol. The highest BCUT2D eigenvalue weighted by Gasteiger charge is 2.08. The van der Waals surface area contributed by atoms with Crippen LogP contribution in [0.1, 0.15) is 36.5 Å². The molecule has 0 bridgehead atoms. The Bertz CT molecular complexity index is 387. The van der Waals surface area contributed by atoms with Crippen molar-refractivity contribution < 1.29 is 4.79 Å². The minimum atomic E-state index is 0. The van der Waals surface area contributed by atoms with Crippen molar-refractivity contribution in [1.82, 2.24) is 5.32 Å². The Morgan fingerprint density at radius 3 is 2.37 bits per heavy atom. The minimum absolute atomic E-state index is 0. The van der Waals surface area contributed by atoms with Crippen molar-refractivity contribution in [2.24, 2.45) is 5.73 Å². The van der Waals surface area contributed by atoms with Gasteiger partial charge in [-0.2, -0.15) is 0 Å². The maximum atomic E-state index is 11.6. The van der Waals surface area contributed by atoms with Crippen LogP contribution in [0.5, 0.6) is 0 Å². The van der Waals surface area contributed by atoms with Gasteiger partial charge >= 0.3 is 0 Å². The van der Waals surface area contributed by atoms with E-state index in [4.69, 9.17) is 5.73 Å². The normalized spacial score (nSPS) is 11.6. The summed E-state index contributed by atoms with van der Waals surface area (Å²) in [5.41, 5.74) is 9.20. The number of carbonyl (C=O) groups is 1. The van der Waals surface area contributed by atoms with Gasteiger partial charge in [-0.25, -0.2) is 0 Å². The highest BCUT2D eigenvalue weighted by molar-refractivity contribution is 5.85. The summed E-state index contributed by atoms with van der Waals surface area (Å²) in [7, 11) is 0. The van der Waals surface area contributed by atoms with Gasteiger partial charge in [0.25, 0.3) is 0 Å². The van der Waals surface area contributed by atoms with Gasteiger partial charge in [0.05, 0.1) is 0 Å². The quantitative estimate of drug-likeness (QED) is 0.843. The zero-order valence-corrected chi connectivity index (χ0v) is 12.8. The van der Waals surface area contributed by atoms with Crippen molar-refractivity contribution in [3.63, 3.8) is 0 Å². The monoisotopic (exact) mass is 284 g/mol. The van der Waals surface area contributed by atoms with Crippen LogP contribution >= 0.6 is 12.4 Å². The molecule has 1 amide bonds. The van der Waals surface area contributed by atoms with E-state index in [1.165, 1.54) is 16.7 Å². The Morgan fingerprint density at radius 1 is 1.26 bits per heavy atom. The van der Waals surface area contributed by atoms with Crippen LogP contribution in [0.25, 0.3) is 0 Å². The van der Waals surface area contributed by atoms with Gasteiger partial charge < -0.3 is 11.1 Å². The lowest BCUT2D eigenvalue weighted by Gasteiger charge is -2.14. The van der Waals surface area contributed by atoms with E-state index in [1.54, 1.807) is 0 Å². The van der Waals surface area contributed by atoms with Gasteiger partial charge in [-0.15, -0.1) is 12.4 Å². The Labute approximate surface area is 122 Å². The van der Waals surface area contributed by atoms with E-state index in [9.17, 15) is 4.79 Å². The Morgan fingerprint density at radius 2 is 1.84 bits per heavy atom. The fraction of sp³-hybridized carbons (Fsp3) is 0.533. The number of amides is 1. The number of nitrogens with two attached hydrogens (primary N) is 1. The molecular formula is C15H25ClN2O. The van der Waals surface area contributed by atoms with Gasteiger partial charge in [0.2, 0.25) is 5.91 Å². The lowest BCUT2D eigenvalue weighted by Crippen LogP contribution is -2.34. The number of hydrogen-bond donors (Lipinski definition) is 2. The van der Waals surface area contributed by atoms with E-state index in [-0.39, 0.29) is 24.4 Å². The summed E-state index contributed by atoms with van der Waals surface area (Å²) in [5.74, 6) is 0.0947. The first kappa shape index (κ1) is 17.9. The van der Waals surface area contributed by atoms with E-state index in [1.807, 2.05) is 6.92 Å². The average molecular weight is 285 g/mol. The molecular weight excluding hydrogens is 260 g/mol. The molecule has 0 aliphatic rings. The van der Waals surface area contributed by atoms with Crippen molar-refractivity contribution in [2.75, 3.05) is 6.54 Å². The van der Waals surface area contributed by atoms with Crippen molar-refractivity contribution in [3.8, 4) is 0 Å². The molecule has 3 N–H and O–H groups in total. The maximum Gasteiger partial charge on any atom is 0.220 e. The molecule has 3 nitrogen and oxygen atoms in total. The number of benzene rings is 1. The van der Waals surface area contributed by atoms with E-state index in [0.717, 1.165) is 12.8 Å². The number of hydrogen-bond acceptors (Lipinski definition) is 2. The SMILES string of the molecule is Cc1cc(C)cc(CC(C)NC(=O)CCCN)c1.Cl. The van der Waals surface area contributed by atoms with Crippen molar-refractivity contribution in [3.05, 3.63) is 34.9 Å². The Hall–Kier alpha value is -1.06. The van der Waals surface area contributed by atoms with Crippen LogP contribution in [0.3, 0.4) is 0 Å². The van der Waals surface area contributed by atoms with Crippen LogP contribution < -0.4 is 11.1 Å². The van der Waals surface area contributed by atoms with Gasteiger partial charge in [-0.3, -0.25) is 4.79 Å². The molecule has 0 spiro atoms. The molecule has 108 valence electrons. The van der Waals surface area contributed by atoms with Gasteiger partial charge in [-0.05, 0) is 45.7 Å². The van der Waals surface area contributed by atoms with E-state index in [0.29, 0.717) is 13.0 Å². The third-order valence-electron chi connectivity index (χ3n) is 2.84. The van der Waals surface area contributed by atoms with E-state index in [2.05, 4.69) is 37.4 Å². The van der Waals surface area contributed by atoms with Crippen molar-refractivity contribution in [2.45, 2.75) is 46.1 Å². The zero-order chi connectivity index (χ0) is 13.5. The number of carbonyl (C=O) groups excluding carboxylic acids is 1. The number of rotatable bonds is 6. The molecule has 1 aromatic carbocycles. The molecule has 1 unspecified atom stereocenters. The second-order valence-electron chi connectivity index (χ2n) is 5.06. The maximum absolute atomic E-state index is 11.6. The first-order chi connectivity index (χ1) is 8.51. The summed E-state index contributed by atoms with van der Waals surface area (Å²) in [6.45, 7) is 6.80. The van der Waals surface area contributed by atoms with Crippen LogP contribution in [0, 0.1) is 13.8 Å². The van der Waals surface area contributed by atoms with Crippen LogP contribution in [0.15, 0.2) is 18.2 Å². The fourth-order valence-electron chi connectivity index (χ4n) is 2.20. The second-order valence-corrected chi connectivity index (χ2v) is 5.06. The van der Waals surface area contributed by atoms with Gasteiger partial charge in [-0.1, -0.05) is 29.3 Å². The third-order valence-corrected chi connectivity index (χ3v) is 2.84. The van der Waals surface area contributed by atoms with Crippen LogP contribution in [0.2, 0.25) is 0 Å². The zero-order valence-electron chi connectivity index (χ0n) is 12.0. The summed E-state index contributed by atoms with van der Waals surface area (Å²) in [6, 6.07) is 6.68. The van der Waals surface area contributed by atoms with E-state index >= 15 is 0 Å². The summed E-state index contributed by atoms with van der Waals surface area (Å²) in [4.78, 5) is 11.6. The highest BCUT2D eigenvalue weighted by Crippen LogP contribution is 2.11. The molecule has 0 aliphatic heterocycles. The summed E-state index contributed by atoms with van der Waals surface area (Å²) >= 11 is 0. The minimum Gasteiger partial charge on any atom is -0.353 e. The molecule has 0 aromatic heterocycles. The van der Waals surface area contributed by atoms with Crippen molar-refractivity contribution in [1.29, 1.82) is 0 Å². The molecule has 0 aliphatic carbocycles. The lowest BCUT2D eigenvalue weighted by atomic mass is 10.0. The van der Waals surface area contributed by atoms with Crippen molar-refractivity contribution >= 4 is 18.3 Å². The molecule has 0 heterocycles. The number of halogens is 1. The first-order valence-electron chi connectivity index (χ1n) is 6.58. The van der Waals surface area contributed by atoms with Crippen LogP contribution in [-0.4, -0.2) is 18.5 Å². The van der Waals surface area contributed by atoms with Gasteiger partial charge in [0, 0.05) is 12.5 Å². The molecule has 1 aromatic rings. The molecule has 1 atom stereocenters. The van der Waals surface area contributed by atoms with Gasteiger partial charge in [0.1, 0.15) is 0 Å². The number of nitrogens with one attached hydrogen (secondary N) is 1. The average Bonchev–Trinajstić information content (AvgIpc) is 2.24. The Balaban J connectivity index is 0.00000324. The topological polar surface area (TPSA) is 55.1 Å². The second kappa shape index (κ2) is 8.94. The number of aryl methyl sites for hydroxylation is 2. The molecule has 0 saturated carbocycles. The predicted octanol–water partition coefficient (Wildman–Crippen LogP) is 2.51. The van der Waals surface area contributed by atoms with E-state index < -0.39 is 0 Å². The summed E-state index contributed by atoms with van der Waals surface area (Å²) < 4.78 is 0. The molecule has 4 heteroatoms.